The Hall–Kier alpha value is -2.02. The first-order valence-corrected chi connectivity index (χ1v) is 6.82. The summed E-state index contributed by atoms with van der Waals surface area (Å²) in [6.45, 7) is 0. The lowest BCUT2D eigenvalue weighted by atomic mass is 10.0. The summed E-state index contributed by atoms with van der Waals surface area (Å²) in [7, 11) is 1.43. The molecule has 2 rings (SSSR count). The van der Waals surface area contributed by atoms with Crippen molar-refractivity contribution in [3.05, 3.63) is 46.4 Å². The number of ether oxygens (including phenoxy) is 2. The predicted molar refractivity (Wildman–Crippen MR) is 78.2 cm³/mol. The van der Waals surface area contributed by atoms with Crippen LogP contribution in [-0.4, -0.2) is 19.8 Å². The molecule has 0 radical (unpaired) electrons. The van der Waals surface area contributed by atoms with Crippen molar-refractivity contribution < 1.29 is 27.4 Å². The number of halogens is 4. The molecule has 0 aromatic heterocycles. The monoisotopic (exact) mass is 374 g/mol. The van der Waals surface area contributed by atoms with E-state index in [9.17, 15) is 18.0 Å². The largest absolute Gasteiger partial charge is 0.573 e. The molecule has 0 saturated carbocycles. The third-order valence-electron chi connectivity index (χ3n) is 2.78. The summed E-state index contributed by atoms with van der Waals surface area (Å²) in [6, 6.07) is 8.54. The molecule has 0 aliphatic heterocycles. The normalized spacial score (nSPS) is 11.1. The molecule has 0 atom stereocenters. The fraction of sp³-hybridized carbons (Fsp3) is 0.133. The van der Waals surface area contributed by atoms with E-state index < -0.39 is 6.36 Å². The Morgan fingerprint density at radius 3 is 2.50 bits per heavy atom. The van der Waals surface area contributed by atoms with E-state index in [0.717, 1.165) is 0 Å². The smallest absolute Gasteiger partial charge is 0.495 e. The molecule has 0 amide bonds. The highest BCUT2D eigenvalue weighted by Gasteiger charge is 2.31. The third kappa shape index (κ3) is 3.79. The van der Waals surface area contributed by atoms with E-state index in [1.807, 2.05) is 0 Å². The highest BCUT2D eigenvalue weighted by Crippen LogP contribution is 2.38. The maximum Gasteiger partial charge on any atom is 0.573 e. The van der Waals surface area contributed by atoms with Gasteiger partial charge >= 0.3 is 6.36 Å². The summed E-state index contributed by atoms with van der Waals surface area (Å²) in [5.74, 6) is 0.0643. The van der Waals surface area contributed by atoms with E-state index in [4.69, 9.17) is 4.74 Å². The van der Waals surface area contributed by atoms with Gasteiger partial charge in [0.05, 0.1) is 11.6 Å². The number of benzene rings is 2. The number of hydrogen-bond acceptors (Lipinski definition) is 3. The molecule has 0 fully saturated rings. The van der Waals surface area contributed by atoms with E-state index >= 15 is 0 Å². The summed E-state index contributed by atoms with van der Waals surface area (Å²) in [4.78, 5) is 11.0. The van der Waals surface area contributed by atoms with Crippen LogP contribution < -0.4 is 9.47 Å². The van der Waals surface area contributed by atoms with Crippen LogP contribution in [0.15, 0.2) is 40.9 Å². The fourth-order valence-electron chi connectivity index (χ4n) is 1.97. The number of hydrogen-bond donors (Lipinski definition) is 0. The Morgan fingerprint density at radius 1 is 1.18 bits per heavy atom. The second kappa shape index (κ2) is 6.39. The first kappa shape index (κ1) is 16.4. The molecule has 22 heavy (non-hydrogen) atoms. The van der Waals surface area contributed by atoms with E-state index in [2.05, 4.69) is 20.7 Å². The van der Waals surface area contributed by atoms with Crippen molar-refractivity contribution in [1.82, 2.24) is 0 Å². The number of aldehydes is 1. The summed E-state index contributed by atoms with van der Waals surface area (Å²) < 4.78 is 46.6. The van der Waals surface area contributed by atoms with Crippen LogP contribution in [0.2, 0.25) is 0 Å². The minimum atomic E-state index is -4.77. The van der Waals surface area contributed by atoms with Crippen LogP contribution in [0.3, 0.4) is 0 Å². The van der Waals surface area contributed by atoms with Gasteiger partial charge in [-0.2, -0.15) is 0 Å². The van der Waals surface area contributed by atoms with Gasteiger partial charge in [0, 0.05) is 11.1 Å². The molecule has 0 aliphatic rings. The van der Waals surface area contributed by atoms with Crippen molar-refractivity contribution in [3.8, 4) is 22.6 Å². The highest BCUT2D eigenvalue weighted by atomic mass is 79.9. The summed E-state index contributed by atoms with van der Waals surface area (Å²) in [5, 5.41) is 0. The molecule has 0 saturated heterocycles. The Morgan fingerprint density at radius 2 is 1.91 bits per heavy atom. The number of carbonyl (C=O) groups excluding carboxylic acids is 1. The van der Waals surface area contributed by atoms with Crippen LogP contribution in [0.25, 0.3) is 11.1 Å². The molecule has 0 unspecified atom stereocenters. The molecule has 0 bridgehead atoms. The number of alkyl halides is 3. The molecule has 7 heteroatoms. The van der Waals surface area contributed by atoms with Gasteiger partial charge in [-0.3, -0.25) is 4.79 Å². The minimum Gasteiger partial charge on any atom is -0.495 e. The molecule has 116 valence electrons. The molecule has 0 N–H and O–H groups in total. The lowest BCUT2D eigenvalue weighted by Crippen LogP contribution is -2.17. The van der Waals surface area contributed by atoms with Crippen molar-refractivity contribution in [3.63, 3.8) is 0 Å². The van der Waals surface area contributed by atoms with Crippen LogP contribution in [0.5, 0.6) is 11.5 Å². The number of rotatable bonds is 4. The number of methoxy groups -OCH3 is 1. The van der Waals surface area contributed by atoms with Gasteiger partial charge < -0.3 is 9.47 Å². The Labute approximate surface area is 132 Å². The van der Waals surface area contributed by atoms with E-state index in [-0.39, 0.29) is 5.75 Å². The summed E-state index contributed by atoms with van der Waals surface area (Å²) in [6.07, 6.45) is -4.13. The van der Waals surface area contributed by atoms with Gasteiger partial charge in [-0.15, -0.1) is 13.2 Å². The fourth-order valence-corrected chi connectivity index (χ4v) is 2.60. The van der Waals surface area contributed by atoms with Gasteiger partial charge in [0.25, 0.3) is 0 Å². The Bertz CT molecular complexity index is 699. The molecule has 2 aromatic carbocycles. The molecule has 3 nitrogen and oxygen atoms in total. The molecule has 0 aliphatic carbocycles. The molecule has 0 spiro atoms. The topological polar surface area (TPSA) is 35.5 Å². The third-order valence-corrected chi connectivity index (χ3v) is 3.37. The van der Waals surface area contributed by atoms with E-state index in [1.54, 1.807) is 12.1 Å². The first-order valence-electron chi connectivity index (χ1n) is 6.03. The lowest BCUT2D eigenvalue weighted by Gasteiger charge is -2.14. The minimum absolute atomic E-state index is 0.348. The van der Waals surface area contributed by atoms with Gasteiger partial charge in [0.2, 0.25) is 0 Å². The quantitative estimate of drug-likeness (QED) is 0.718. The van der Waals surface area contributed by atoms with Crippen LogP contribution in [0.4, 0.5) is 13.2 Å². The highest BCUT2D eigenvalue weighted by molar-refractivity contribution is 9.10. The van der Waals surface area contributed by atoms with Crippen LogP contribution >= 0.6 is 15.9 Å². The van der Waals surface area contributed by atoms with Crippen LogP contribution in [0.1, 0.15) is 10.4 Å². The van der Waals surface area contributed by atoms with Gasteiger partial charge in [0.15, 0.2) is 0 Å². The maximum atomic E-state index is 12.3. The standard InChI is InChI=1S/C15H10BrF3O3/c1-21-14-12(5-9(8-20)6-13(14)16)10-3-2-4-11(7-10)22-15(17,18)19/h2-8H,1H3. The zero-order chi connectivity index (χ0) is 16.3. The van der Waals surface area contributed by atoms with Gasteiger partial charge in [-0.25, -0.2) is 0 Å². The van der Waals surface area contributed by atoms with E-state index in [0.29, 0.717) is 33.2 Å². The SMILES string of the molecule is COc1c(Br)cc(C=O)cc1-c1cccc(OC(F)(F)F)c1. The van der Waals surface area contributed by atoms with Crippen LogP contribution in [0, 0.1) is 0 Å². The van der Waals surface area contributed by atoms with Crippen LogP contribution in [-0.2, 0) is 0 Å². The van der Waals surface area contributed by atoms with E-state index in [1.165, 1.54) is 31.4 Å². The van der Waals surface area contributed by atoms with Crippen molar-refractivity contribution in [1.29, 1.82) is 0 Å². The Kier molecular flexibility index (Phi) is 4.75. The lowest BCUT2D eigenvalue weighted by molar-refractivity contribution is -0.274. The van der Waals surface area contributed by atoms with Gasteiger partial charge in [0.1, 0.15) is 17.8 Å². The van der Waals surface area contributed by atoms with Crippen molar-refractivity contribution in [2.75, 3.05) is 7.11 Å². The average molecular weight is 375 g/mol. The summed E-state index contributed by atoms with van der Waals surface area (Å²) in [5.41, 5.74) is 1.28. The zero-order valence-corrected chi connectivity index (χ0v) is 12.9. The van der Waals surface area contributed by atoms with Crippen molar-refractivity contribution >= 4 is 22.2 Å². The maximum absolute atomic E-state index is 12.3. The first-order chi connectivity index (χ1) is 10.3. The van der Waals surface area contributed by atoms with Crippen molar-refractivity contribution in [2.24, 2.45) is 0 Å². The molecular weight excluding hydrogens is 365 g/mol. The number of carbonyl (C=O) groups is 1. The predicted octanol–water partition coefficient (Wildman–Crippen LogP) is 4.84. The zero-order valence-electron chi connectivity index (χ0n) is 11.3. The molecular formula is C15H10BrF3O3. The second-order valence-electron chi connectivity index (χ2n) is 4.28. The average Bonchev–Trinajstić information content (AvgIpc) is 2.44. The Balaban J connectivity index is 2.54. The second-order valence-corrected chi connectivity index (χ2v) is 5.13. The van der Waals surface area contributed by atoms with Gasteiger partial charge in [-0.05, 0) is 45.8 Å². The molecule has 0 heterocycles. The molecule has 2 aromatic rings. The summed E-state index contributed by atoms with van der Waals surface area (Å²) >= 11 is 3.27. The van der Waals surface area contributed by atoms with Crippen molar-refractivity contribution in [2.45, 2.75) is 6.36 Å². The van der Waals surface area contributed by atoms with Gasteiger partial charge in [-0.1, -0.05) is 12.1 Å².